The van der Waals surface area contributed by atoms with Gasteiger partial charge in [-0.1, -0.05) is 40.9 Å². The maximum absolute atomic E-state index is 12.5. The van der Waals surface area contributed by atoms with Crippen LogP contribution in [-0.4, -0.2) is 25.0 Å². The summed E-state index contributed by atoms with van der Waals surface area (Å²) in [4.78, 5) is 26.0. The Morgan fingerprint density at radius 1 is 1.15 bits per heavy atom. The summed E-state index contributed by atoms with van der Waals surface area (Å²) in [5, 5.41) is 9.35. The second-order valence-electron chi connectivity index (χ2n) is 5.49. The molecule has 2 aromatic rings. The predicted molar refractivity (Wildman–Crippen MR) is 101 cm³/mol. The highest BCUT2D eigenvalue weighted by Crippen LogP contribution is 2.22. The maximum Gasteiger partial charge on any atom is 0.340 e. The van der Waals surface area contributed by atoms with Crippen molar-refractivity contribution in [1.82, 2.24) is 0 Å². The fourth-order valence-corrected chi connectivity index (χ4v) is 2.71. The molecular weight excluding hydrogens is 375 g/mol. The van der Waals surface area contributed by atoms with Gasteiger partial charge in [0.1, 0.15) is 0 Å². The number of nitrogens with zero attached hydrogens (tertiary/aromatic N) is 2. The number of benzene rings is 2. The van der Waals surface area contributed by atoms with Gasteiger partial charge in [-0.25, -0.2) is 4.79 Å². The van der Waals surface area contributed by atoms with E-state index in [4.69, 9.17) is 33.2 Å². The van der Waals surface area contributed by atoms with Gasteiger partial charge in [0.2, 0.25) is 0 Å². The molecule has 0 aromatic heterocycles. The van der Waals surface area contributed by atoms with Crippen LogP contribution in [0.25, 0.3) is 0 Å². The van der Waals surface area contributed by atoms with Crippen molar-refractivity contribution in [2.45, 2.75) is 13.3 Å². The van der Waals surface area contributed by atoms with Crippen molar-refractivity contribution in [2.75, 3.05) is 18.1 Å². The number of hydrogen-bond acceptors (Lipinski definition) is 4. The number of ether oxygens (including phenoxy) is 1. The van der Waals surface area contributed by atoms with Crippen molar-refractivity contribution in [3.05, 3.63) is 63.6 Å². The van der Waals surface area contributed by atoms with Crippen LogP contribution in [0.1, 0.15) is 22.3 Å². The number of carbonyl (C=O) groups excluding carboxylic acids is 2. The van der Waals surface area contributed by atoms with Gasteiger partial charge in [0.05, 0.1) is 23.1 Å². The molecule has 0 aliphatic rings. The van der Waals surface area contributed by atoms with Crippen LogP contribution in [-0.2, 0) is 9.53 Å². The van der Waals surface area contributed by atoms with E-state index in [1.54, 1.807) is 12.1 Å². The zero-order chi connectivity index (χ0) is 19.1. The molecule has 7 heteroatoms. The Labute approximate surface area is 161 Å². The van der Waals surface area contributed by atoms with E-state index in [0.29, 0.717) is 10.7 Å². The van der Waals surface area contributed by atoms with Crippen molar-refractivity contribution in [2.24, 2.45) is 0 Å². The predicted octanol–water partition coefficient (Wildman–Crippen LogP) is 4.41. The number of nitriles is 1. The van der Waals surface area contributed by atoms with E-state index in [1.807, 2.05) is 25.1 Å². The summed E-state index contributed by atoms with van der Waals surface area (Å²) in [6.07, 6.45) is 0.163. The summed E-state index contributed by atoms with van der Waals surface area (Å²) in [6.45, 7) is 1.68. The Bertz CT molecular complexity index is 845. The first-order chi connectivity index (χ1) is 12.4. The molecule has 5 nitrogen and oxygen atoms in total. The van der Waals surface area contributed by atoms with Crippen molar-refractivity contribution in [1.29, 1.82) is 5.26 Å². The summed E-state index contributed by atoms with van der Waals surface area (Å²) in [7, 11) is 0. The topological polar surface area (TPSA) is 70.4 Å². The Kier molecular flexibility index (Phi) is 7.02. The molecule has 0 N–H and O–H groups in total. The molecule has 0 aliphatic heterocycles. The van der Waals surface area contributed by atoms with E-state index < -0.39 is 18.5 Å². The summed E-state index contributed by atoms with van der Waals surface area (Å²) in [6, 6.07) is 13.7. The van der Waals surface area contributed by atoms with Crippen LogP contribution in [0.3, 0.4) is 0 Å². The number of anilines is 1. The van der Waals surface area contributed by atoms with E-state index >= 15 is 0 Å². The lowest BCUT2D eigenvalue weighted by Crippen LogP contribution is -2.35. The maximum atomic E-state index is 12.5. The zero-order valence-corrected chi connectivity index (χ0v) is 15.5. The van der Waals surface area contributed by atoms with Gasteiger partial charge in [0.25, 0.3) is 5.91 Å². The number of aryl methyl sites for hydroxylation is 1. The molecule has 0 saturated carbocycles. The van der Waals surface area contributed by atoms with E-state index in [-0.39, 0.29) is 23.6 Å². The Morgan fingerprint density at radius 2 is 1.85 bits per heavy atom. The summed E-state index contributed by atoms with van der Waals surface area (Å²) in [5.41, 5.74) is 1.81. The van der Waals surface area contributed by atoms with Crippen LogP contribution in [0.4, 0.5) is 5.69 Å². The highest BCUT2D eigenvalue weighted by Gasteiger charge is 2.19. The van der Waals surface area contributed by atoms with Crippen LogP contribution in [0.15, 0.2) is 42.5 Å². The van der Waals surface area contributed by atoms with Crippen LogP contribution in [0.2, 0.25) is 10.0 Å². The first kappa shape index (κ1) is 19.8. The summed E-state index contributed by atoms with van der Waals surface area (Å²) in [5.74, 6) is -1.15. The monoisotopic (exact) mass is 390 g/mol. The van der Waals surface area contributed by atoms with E-state index in [1.165, 1.54) is 23.1 Å². The van der Waals surface area contributed by atoms with Gasteiger partial charge in [-0.05, 0) is 37.3 Å². The molecule has 2 aromatic carbocycles. The van der Waals surface area contributed by atoms with E-state index in [0.717, 1.165) is 5.56 Å². The van der Waals surface area contributed by atoms with Crippen molar-refractivity contribution in [3.8, 4) is 6.07 Å². The second-order valence-corrected chi connectivity index (χ2v) is 6.33. The average molecular weight is 391 g/mol. The lowest BCUT2D eigenvalue weighted by molar-refractivity contribution is -0.121. The number of carbonyl (C=O) groups is 2. The van der Waals surface area contributed by atoms with Crippen LogP contribution in [0, 0.1) is 18.3 Å². The highest BCUT2D eigenvalue weighted by molar-refractivity contribution is 6.36. The number of amides is 1. The minimum atomic E-state index is -0.718. The van der Waals surface area contributed by atoms with Crippen LogP contribution >= 0.6 is 23.2 Å². The first-order valence-electron chi connectivity index (χ1n) is 7.78. The smallest absolute Gasteiger partial charge is 0.340 e. The van der Waals surface area contributed by atoms with Gasteiger partial charge in [0, 0.05) is 17.3 Å². The molecule has 1 amide bonds. The van der Waals surface area contributed by atoms with Gasteiger partial charge in [-0.15, -0.1) is 0 Å². The third-order valence-electron chi connectivity index (χ3n) is 3.57. The summed E-state index contributed by atoms with van der Waals surface area (Å²) >= 11 is 11.8. The summed E-state index contributed by atoms with van der Waals surface area (Å²) < 4.78 is 5.08. The fourth-order valence-electron chi connectivity index (χ4n) is 2.22. The van der Waals surface area contributed by atoms with E-state index in [2.05, 4.69) is 0 Å². The molecule has 0 aliphatic carbocycles. The molecule has 0 heterocycles. The molecule has 0 bridgehead atoms. The van der Waals surface area contributed by atoms with Crippen LogP contribution in [0.5, 0.6) is 0 Å². The third kappa shape index (κ3) is 5.22. The number of esters is 1. The Balaban J connectivity index is 2.07. The average Bonchev–Trinajstić information content (AvgIpc) is 2.61. The number of hydrogen-bond donors (Lipinski definition) is 0. The molecule has 134 valence electrons. The van der Waals surface area contributed by atoms with Gasteiger partial charge in [0.15, 0.2) is 6.61 Å². The minimum absolute atomic E-state index is 0.128. The molecule has 0 atom stereocenters. The lowest BCUT2D eigenvalue weighted by Gasteiger charge is -2.22. The van der Waals surface area contributed by atoms with Crippen molar-refractivity contribution < 1.29 is 14.3 Å². The van der Waals surface area contributed by atoms with Crippen molar-refractivity contribution >= 4 is 40.8 Å². The SMILES string of the molecule is Cc1ccc(N(CCC#N)C(=O)COC(=O)c2ccc(Cl)cc2Cl)cc1. The Morgan fingerprint density at radius 3 is 2.46 bits per heavy atom. The third-order valence-corrected chi connectivity index (χ3v) is 4.12. The molecular formula is C19H16Cl2N2O3. The van der Waals surface area contributed by atoms with Gasteiger partial charge in [-0.3, -0.25) is 4.79 Å². The minimum Gasteiger partial charge on any atom is -0.452 e. The molecule has 0 saturated heterocycles. The zero-order valence-electron chi connectivity index (χ0n) is 14.0. The lowest BCUT2D eigenvalue weighted by atomic mass is 10.2. The molecule has 0 spiro atoms. The molecule has 0 radical (unpaired) electrons. The molecule has 26 heavy (non-hydrogen) atoms. The molecule has 0 unspecified atom stereocenters. The standard InChI is InChI=1S/C19H16Cl2N2O3/c1-13-3-6-15(7-4-13)23(10-2-9-22)18(24)12-26-19(25)16-8-5-14(20)11-17(16)21/h3-8,11H,2,10,12H2,1H3. The second kappa shape index (κ2) is 9.23. The van der Waals surface area contributed by atoms with Gasteiger partial charge < -0.3 is 9.64 Å². The van der Waals surface area contributed by atoms with Gasteiger partial charge in [-0.2, -0.15) is 5.26 Å². The highest BCUT2D eigenvalue weighted by atomic mass is 35.5. The van der Waals surface area contributed by atoms with Gasteiger partial charge >= 0.3 is 5.97 Å². The fraction of sp³-hybridized carbons (Fsp3) is 0.211. The number of rotatable bonds is 6. The van der Waals surface area contributed by atoms with Crippen LogP contribution < -0.4 is 4.90 Å². The molecule has 0 fully saturated rings. The molecule has 2 rings (SSSR count). The normalized spacial score (nSPS) is 10.1. The van der Waals surface area contributed by atoms with Crippen molar-refractivity contribution in [3.63, 3.8) is 0 Å². The Hall–Kier alpha value is -2.55. The number of halogens is 2. The van der Waals surface area contributed by atoms with E-state index in [9.17, 15) is 9.59 Å². The largest absolute Gasteiger partial charge is 0.452 e. The quantitative estimate of drug-likeness (QED) is 0.685. The first-order valence-corrected chi connectivity index (χ1v) is 8.54.